The maximum Gasteiger partial charge on any atom is 0.256 e. The van der Waals surface area contributed by atoms with Crippen LogP contribution in [-0.4, -0.2) is 21.8 Å². The van der Waals surface area contributed by atoms with E-state index in [4.69, 9.17) is 17.3 Å². The van der Waals surface area contributed by atoms with E-state index in [9.17, 15) is 4.79 Å². The number of anilines is 1. The Morgan fingerprint density at radius 2 is 2.14 bits per heavy atom. The summed E-state index contributed by atoms with van der Waals surface area (Å²) in [6.45, 7) is 4.42. The molecule has 5 heteroatoms. The first-order valence-electron chi connectivity index (χ1n) is 6.74. The third kappa shape index (κ3) is 3.73. The number of nitrogens with zero attached hydrogens (tertiary/aromatic N) is 2. The smallest absolute Gasteiger partial charge is 0.256 e. The molecule has 0 spiro atoms. The molecule has 0 aliphatic rings. The molecule has 0 aliphatic heterocycles. The lowest BCUT2D eigenvalue weighted by atomic mass is 10.1. The number of hydrogen-bond acceptors (Lipinski definition) is 3. The van der Waals surface area contributed by atoms with E-state index in [0.29, 0.717) is 22.8 Å². The van der Waals surface area contributed by atoms with Gasteiger partial charge in [-0.3, -0.25) is 9.78 Å². The van der Waals surface area contributed by atoms with E-state index in [1.165, 1.54) is 0 Å². The Balaban J connectivity index is 2.30. The number of nitrogens with two attached hydrogens (primary N) is 1. The van der Waals surface area contributed by atoms with Crippen molar-refractivity contribution < 1.29 is 4.79 Å². The van der Waals surface area contributed by atoms with Gasteiger partial charge in [0.25, 0.3) is 5.91 Å². The molecule has 1 heterocycles. The summed E-state index contributed by atoms with van der Waals surface area (Å²) in [6, 6.07) is 8.77. The van der Waals surface area contributed by atoms with Gasteiger partial charge in [-0.05, 0) is 43.7 Å². The maximum atomic E-state index is 12.7. The molecule has 2 aromatic rings. The second-order valence-corrected chi connectivity index (χ2v) is 5.56. The number of aromatic nitrogens is 1. The van der Waals surface area contributed by atoms with Gasteiger partial charge in [0.2, 0.25) is 0 Å². The zero-order valence-electron chi connectivity index (χ0n) is 12.1. The van der Waals surface area contributed by atoms with Crippen LogP contribution in [-0.2, 0) is 6.54 Å². The average molecular weight is 304 g/mol. The van der Waals surface area contributed by atoms with Crippen molar-refractivity contribution in [3.8, 4) is 0 Å². The minimum atomic E-state index is -0.131. The van der Waals surface area contributed by atoms with Crippen LogP contribution in [0.25, 0.3) is 0 Å². The minimum absolute atomic E-state index is 0.0380. The molecular formula is C16H18ClN3O. The predicted molar refractivity (Wildman–Crippen MR) is 85.1 cm³/mol. The largest absolute Gasteiger partial charge is 0.398 e. The van der Waals surface area contributed by atoms with Gasteiger partial charge in [0.15, 0.2) is 0 Å². The third-order valence-corrected chi connectivity index (χ3v) is 3.44. The fourth-order valence-electron chi connectivity index (χ4n) is 2.05. The highest BCUT2D eigenvalue weighted by atomic mass is 35.5. The first-order chi connectivity index (χ1) is 9.99. The molecule has 0 atom stereocenters. The number of hydrogen-bond donors (Lipinski definition) is 1. The number of carbonyl (C=O) groups is 1. The van der Waals surface area contributed by atoms with Crippen LogP contribution in [0.2, 0.25) is 5.02 Å². The number of pyridine rings is 1. The van der Waals surface area contributed by atoms with Gasteiger partial charge in [-0.2, -0.15) is 0 Å². The second kappa shape index (κ2) is 6.59. The minimum Gasteiger partial charge on any atom is -0.398 e. The molecule has 2 N–H and O–H groups in total. The highest BCUT2D eigenvalue weighted by molar-refractivity contribution is 6.31. The van der Waals surface area contributed by atoms with Crippen LogP contribution < -0.4 is 5.73 Å². The number of amides is 1. The fraction of sp³-hybridized carbons (Fsp3) is 0.250. The van der Waals surface area contributed by atoms with Crippen LogP contribution in [0.4, 0.5) is 5.69 Å². The normalized spacial score (nSPS) is 10.7. The lowest BCUT2D eigenvalue weighted by molar-refractivity contribution is 0.0691. The topological polar surface area (TPSA) is 59.2 Å². The first kappa shape index (κ1) is 15.3. The zero-order valence-corrected chi connectivity index (χ0v) is 12.8. The molecule has 0 aliphatic carbocycles. The van der Waals surface area contributed by atoms with Crippen LogP contribution in [0, 0.1) is 0 Å². The Morgan fingerprint density at radius 1 is 1.38 bits per heavy atom. The van der Waals surface area contributed by atoms with E-state index < -0.39 is 0 Å². The fourth-order valence-corrected chi connectivity index (χ4v) is 2.22. The third-order valence-electron chi connectivity index (χ3n) is 3.21. The Morgan fingerprint density at radius 3 is 2.76 bits per heavy atom. The number of nitrogen functional groups attached to an aromatic ring is 1. The van der Waals surface area contributed by atoms with Crippen molar-refractivity contribution in [2.24, 2.45) is 0 Å². The van der Waals surface area contributed by atoms with E-state index in [1.54, 1.807) is 35.5 Å². The van der Waals surface area contributed by atoms with Gasteiger partial charge < -0.3 is 10.6 Å². The van der Waals surface area contributed by atoms with Crippen LogP contribution in [0.1, 0.15) is 29.8 Å². The lowest BCUT2D eigenvalue weighted by Gasteiger charge is -2.27. The predicted octanol–water partition coefficient (Wildman–Crippen LogP) is 3.37. The second-order valence-electron chi connectivity index (χ2n) is 5.12. The van der Waals surface area contributed by atoms with Crippen LogP contribution >= 0.6 is 11.6 Å². The molecule has 0 unspecified atom stereocenters. The molecule has 1 aromatic heterocycles. The summed E-state index contributed by atoms with van der Waals surface area (Å²) in [6.07, 6.45) is 3.46. The van der Waals surface area contributed by atoms with Crippen LogP contribution in [0.5, 0.6) is 0 Å². The van der Waals surface area contributed by atoms with Gasteiger partial charge in [0.1, 0.15) is 0 Å². The van der Waals surface area contributed by atoms with E-state index in [0.717, 1.165) is 5.56 Å². The molecule has 110 valence electrons. The van der Waals surface area contributed by atoms with Gasteiger partial charge >= 0.3 is 0 Å². The standard InChI is InChI=1S/C16H18ClN3O/c1-11(2)20(10-12-4-3-7-19-9-12)16(21)14-8-13(17)5-6-15(14)18/h3-9,11H,10,18H2,1-2H3. The van der Waals surface area contributed by atoms with Crippen molar-refractivity contribution in [1.29, 1.82) is 0 Å². The Bertz CT molecular complexity index is 629. The molecule has 4 nitrogen and oxygen atoms in total. The summed E-state index contributed by atoms with van der Waals surface area (Å²) in [5.41, 5.74) is 7.74. The van der Waals surface area contributed by atoms with Crippen molar-refractivity contribution in [3.05, 3.63) is 58.9 Å². The van der Waals surface area contributed by atoms with Crippen molar-refractivity contribution >= 4 is 23.2 Å². The molecule has 2 rings (SSSR count). The highest BCUT2D eigenvalue weighted by Gasteiger charge is 2.21. The van der Waals surface area contributed by atoms with Crippen molar-refractivity contribution in [2.75, 3.05) is 5.73 Å². The maximum absolute atomic E-state index is 12.7. The lowest BCUT2D eigenvalue weighted by Crippen LogP contribution is -2.36. The van der Waals surface area contributed by atoms with Gasteiger partial charge in [-0.1, -0.05) is 17.7 Å². The molecule has 0 bridgehead atoms. The first-order valence-corrected chi connectivity index (χ1v) is 7.11. The molecule has 0 saturated carbocycles. The van der Waals surface area contributed by atoms with Gasteiger partial charge in [0, 0.05) is 35.7 Å². The summed E-state index contributed by atoms with van der Waals surface area (Å²) in [5, 5.41) is 0.498. The molecule has 21 heavy (non-hydrogen) atoms. The molecule has 1 aromatic carbocycles. The Labute approximate surface area is 129 Å². The Hall–Kier alpha value is -2.07. The number of halogens is 1. The summed E-state index contributed by atoms with van der Waals surface area (Å²) in [5.74, 6) is -0.131. The quantitative estimate of drug-likeness (QED) is 0.881. The van der Waals surface area contributed by atoms with E-state index in [-0.39, 0.29) is 11.9 Å². The molecule has 0 fully saturated rings. The van der Waals surface area contributed by atoms with Gasteiger partial charge in [-0.15, -0.1) is 0 Å². The molecular weight excluding hydrogens is 286 g/mol. The number of carbonyl (C=O) groups excluding carboxylic acids is 1. The Kier molecular flexibility index (Phi) is 4.81. The summed E-state index contributed by atoms with van der Waals surface area (Å²) in [7, 11) is 0. The number of rotatable bonds is 4. The zero-order chi connectivity index (χ0) is 15.4. The van der Waals surface area contributed by atoms with Crippen molar-refractivity contribution in [3.63, 3.8) is 0 Å². The highest BCUT2D eigenvalue weighted by Crippen LogP contribution is 2.21. The van der Waals surface area contributed by atoms with Crippen LogP contribution in [0.15, 0.2) is 42.7 Å². The van der Waals surface area contributed by atoms with Crippen LogP contribution in [0.3, 0.4) is 0 Å². The van der Waals surface area contributed by atoms with Gasteiger partial charge in [-0.25, -0.2) is 0 Å². The monoisotopic (exact) mass is 303 g/mol. The van der Waals surface area contributed by atoms with E-state index >= 15 is 0 Å². The summed E-state index contributed by atoms with van der Waals surface area (Å²) in [4.78, 5) is 18.6. The average Bonchev–Trinajstić information content (AvgIpc) is 2.47. The van der Waals surface area contributed by atoms with Gasteiger partial charge in [0.05, 0.1) is 5.56 Å². The van der Waals surface area contributed by atoms with Crippen molar-refractivity contribution in [1.82, 2.24) is 9.88 Å². The molecule has 0 radical (unpaired) electrons. The van der Waals surface area contributed by atoms with Crippen molar-refractivity contribution in [2.45, 2.75) is 26.4 Å². The van der Waals surface area contributed by atoms with E-state index in [1.807, 2.05) is 26.0 Å². The van der Waals surface area contributed by atoms with E-state index in [2.05, 4.69) is 4.98 Å². The summed E-state index contributed by atoms with van der Waals surface area (Å²) >= 11 is 5.97. The molecule has 0 saturated heterocycles. The number of benzene rings is 1. The molecule has 1 amide bonds. The SMILES string of the molecule is CC(C)N(Cc1cccnc1)C(=O)c1cc(Cl)ccc1N. The summed E-state index contributed by atoms with van der Waals surface area (Å²) < 4.78 is 0.